The van der Waals surface area contributed by atoms with E-state index in [0.29, 0.717) is 16.7 Å². The maximum atomic E-state index is 13.5. The van der Waals surface area contributed by atoms with Crippen LogP contribution >= 0.6 is 39.1 Å². The van der Waals surface area contributed by atoms with E-state index < -0.39 is 5.82 Å². The molecule has 0 aliphatic carbocycles. The molecule has 0 heterocycles. The Bertz CT molecular complexity index is 575. The number of hydrogen-bond donors (Lipinski definition) is 0. The second kappa shape index (κ2) is 5.91. The standard InChI is InChI=1S/C13H8BrCl2FO/c14-9-2-4-12(17)13(5-9)18-10-3-1-8(7-15)11(16)6-10/h1-6H,7H2. The lowest BCUT2D eigenvalue weighted by Crippen LogP contribution is -1.89. The molecule has 94 valence electrons. The second-order valence-corrected chi connectivity index (χ2v) is 5.15. The van der Waals surface area contributed by atoms with Crippen LogP contribution in [0.1, 0.15) is 5.56 Å². The van der Waals surface area contributed by atoms with E-state index in [1.807, 2.05) is 0 Å². The monoisotopic (exact) mass is 348 g/mol. The van der Waals surface area contributed by atoms with Crippen LogP contribution in [0.4, 0.5) is 4.39 Å². The summed E-state index contributed by atoms with van der Waals surface area (Å²) in [7, 11) is 0. The van der Waals surface area contributed by atoms with Gasteiger partial charge in [-0.15, -0.1) is 11.6 Å². The smallest absolute Gasteiger partial charge is 0.165 e. The van der Waals surface area contributed by atoms with E-state index in [-0.39, 0.29) is 5.75 Å². The van der Waals surface area contributed by atoms with E-state index in [1.54, 1.807) is 30.3 Å². The maximum absolute atomic E-state index is 13.5. The van der Waals surface area contributed by atoms with Gasteiger partial charge in [-0.2, -0.15) is 0 Å². The molecule has 0 amide bonds. The minimum Gasteiger partial charge on any atom is -0.454 e. The van der Waals surface area contributed by atoms with E-state index in [1.165, 1.54) is 6.07 Å². The highest BCUT2D eigenvalue weighted by Gasteiger charge is 2.07. The molecule has 2 aromatic rings. The second-order valence-electron chi connectivity index (χ2n) is 3.56. The topological polar surface area (TPSA) is 9.23 Å². The van der Waals surface area contributed by atoms with Crippen molar-refractivity contribution in [2.45, 2.75) is 5.88 Å². The van der Waals surface area contributed by atoms with Crippen molar-refractivity contribution in [1.82, 2.24) is 0 Å². The van der Waals surface area contributed by atoms with E-state index in [9.17, 15) is 4.39 Å². The van der Waals surface area contributed by atoms with Gasteiger partial charge in [-0.25, -0.2) is 4.39 Å². The van der Waals surface area contributed by atoms with Crippen molar-refractivity contribution in [3.8, 4) is 11.5 Å². The zero-order valence-electron chi connectivity index (χ0n) is 9.09. The summed E-state index contributed by atoms with van der Waals surface area (Å²) in [6, 6.07) is 9.54. The summed E-state index contributed by atoms with van der Waals surface area (Å²) >= 11 is 15.0. The summed E-state index contributed by atoms with van der Waals surface area (Å²) in [6.45, 7) is 0. The largest absolute Gasteiger partial charge is 0.454 e. The molecule has 0 unspecified atom stereocenters. The summed E-state index contributed by atoms with van der Waals surface area (Å²) in [5, 5.41) is 0.498. The Balaban J connectivity index is 2.28. The van der Waals surface area contributed by atoms with Crippen molar-refractivity contribution in [1.29, 1.82) is 0 Å². The van der Waals surface area contributed by atoms with Crippen molar-refractivity contribution in [3.63, 3.8) is 0 Å². The zero-order valence-corrected chi connectivity index (χ0v) is 12.2. The summed E-state index contributed by atoms with van der Waals surface area (Å²) in [5.74, 6) is 0.491. The fraction of sp³-hybridized carbons (Fsp3) is 0.0769. The average Bonchev–Trinajstić information content (AvgIpc) is 2.34. The molecule has 0 spiro atoms. The van der Waals surface area contributed by atoms with Gasteiger partial charge in [0.15, 0.2) is 11.6 Å². The zero-order chi connectivity index (χ0) is 13.1. The first-order chi connectivity index (χ1) is 8.60. The third-order valence-electron chi connectivity index (χ3n) is 2.29. The highest BCUT2D eigenvalue weighted by atomic mass is 79.9. The highest BCUT2D eigenvalue weighted by molar-refractivity contribution is 9.10. The number of hydrogen-bond acceptors (Lipinski definition) is 1. The van der Waals surface area contributed by atoms with Gasteiger partial charge in [-0.05, 0) is 35.9 Å². The maximum Gasteiger partial charge on any atom is 0.165 e. The van der Waals surface area contributed by atoms with Crippen molar-refractivity contribution >= 4 is 39.1 Å². The Morgan fingerprint density at radius 2 is 1.94 bits per heavy atom. The lowest BCUT2D eigenvalue weighted by atomic mass is 10.2. The van der Waals surface area contributed by atoms with Crippen LogP contribution in [-0.2, 0) is 5.88 Å². The molecular weight excluding hydrogens is 342 g/mol. The molecule has 0 bridgehead atoms. The molecule has 0 aliphatic rings. The van der Waals surface area contributed by atoms with Gasteiger partial charge in [0.1, 0.15) is 5.75 Å². The lowest BCUT2D eigenvalue weighted by molar-refractivity contribution is 0.442. The summed E-state index contributed by atoms with van der Waals surface area (Å²) < 4.78 is 19.7. The molecule has 0 fully saturated rings. The van der Waals surface area contributed by atoms with Crippen LogP contribution in [0.15, 0.2) is 40.9 Å². The molecule has 2 aromatic carbocycles. The Kier molecular flexibility index (Phi) is 4.49. The molecule has 1 nitrogen and oxygen atoms in total. The Hall–Kier alpha value is -0.770. The number of ether oxygens (including phenoxy) is 1. The molecular formula is C13H8BrCl2FO. The predicted octanol–water partition coefficient (Wildman–Crippen LogP) is 5.77. The molecule has 0 aliphatic heterocycles. The van der Waals surface area contributed by atoms with E-state index in [4.69, 9.17) is 27.9 Å². The van der Waals surface area contributed by atoms with Gasteiger partial charge in [-0.3, -0.25) is 0 Å². The van der Waals surface area contributed by atoms with Gasteiger partial charge in [0.05, 0.1) is 0 Å². The molecule has 0 aromatic heterocycles. The van der Waals surface area contributed by atoms with Crippen LogP contribution in [0, 0.1) is 5.82 Å². The first kappa shape index (κ1) is 13.7. The third kappa shape index (κ3) is 3.16. The molecule has 0 saturated heterocycles. The molecule has 5 heteroatoms. The molecule has 2 rings (SSSR count). The third-order valence-corrected chi connectivity index (χ3v) is 3.42. The number of halogens is 4. The molecule has 18 heavy (non-hydrogen) atoms. The van der Waals surface area contributed by atoms with Crippen molar-refractivity contribution < 1.29 is 9.13 Å². The van der Waals surface area contributed by atoms with Gasteiger partial charge in [-0.1, -0.05) is 33.6 Å². The van der Waals surface area contributed by atoms with Crippen molar-refractivity contribution in [2.24, 2.45) is 0 Å². The lowest BCUT2D eigenvalue weighted by Gasteiger charge is -2.08. The molecule has 0 saturated carbocycles. The van der Waals surface area contributed by atoms with E-state index in [0.717, 1.165) is 10.0 Å². The summed E-state index contributed by atoms with van der Waals surface area (Å²) in [5.41, 5.74) is 0.806. The molecule has 0 atom stereocenters. The number of rotatable bonds is 3. The molecule has 0 radical (unpaired) electrons. The number of alkyl halides is 1. The van der Waals surface area contributed by atoms with Gasteiger partial charge in [0.25, 0.3) is 0 Å². The number of benzene rings is 2. The normalized spacial score (nSPS) is 10.4. The van der Waals surface area contributed by atoms with Crippen molar-refractivity contribution in [2.75, 3.05) is 0 Å². The highest BCUT2D eigenvalue weighted by Crippen LogP contribution is 2.30. The fourth-order valence-electron chi connectivity index (χ4n) is 1.38. The average molecular weight is 350 g/mol. The van der Waals surface area contributed by atoms with Crippen molar-refractivity contribution in [3.05, 3.63) is 57.3 Å². The van der Waals surface area contributed by atoms with Crippen LogP contribution in [-0.4, -0.2) is 0 Å². The van der Waals surface area contributed by atoms with Crippen LogP contribution in [0.5, 0.6) is 11.5 Å². The minimum absolute atomic E-state index is 0.138. The summed E-state index contributed by atoms with van der Waals surface area (Å²) in [6.07, 6.45) is 0. The Labute approximate surface area is 123 Å². The van der Waals surface area contributed by atoms with Gasteiger partial charge in [0.2, 0.25) is 0 Å². The van der Waals surface area contributed by atoms with Crippen LogP contribution in [0.2, 0.25) is 5.02 Å². The van der Waals surface area contributed by atoms with Crippen LogP contribution in [0.25, 0.3) is 0 Å². The van der Waals surface area contributed by atoms with E-state index >= 15 is 0 Å². The predicted molar refractivity (Wildman–Crippen MR) is 75.2 cm³/mol. The van der Waals surface area contributed by atoms with Gasteiger partial charge >= 0.3 is 0 Å². The van der Waals surface area contributed by atoms with Crippen LogP contribution in [0.3, 0.4) is 0 Å². The first-order valence-electron chi connectivity index (χ1n) is 5.07. The Morgan fingerprint density at radius 3 is 2.61 bits per heavy atom. The van der Waals surface area contributed by atoms with Gasteiger partial charge in [0, 0.05) is 15.4 Å². The Morgan fingerprint density at radius 1 is 1.17 bits per heavy atom. The van der Waals surface area contributed by atoms with Gasteiger partial charge < -0.3 is 4.74 Å². The summed E-state index contributed by atoms with van der Waals surface area (Å²) in [4.78, 5) is 0. The van der Waals surface area contributed by atoms with E-state index in [2.05, 4.69) is 15.9 Å². The quantitative estimate of drug-likeness (QED) is 0.639. The SMILES string of the molecule is Fc1ccc(Br)cc1Oc1ccc(CCl)c(Cl)c1. The van der Waals surface area contributed by atoms with Crippen LogP contribution < -0.4 is 4.74 Å². The molecule has 0 N–H and O–H groups in total. The fourth-order valence-corrected chi connectivity index (χ4v) is 2.26. The minimum atomic E-state index is -0.434. The first-order valence-corrected chi connectivity index (χ1v) is 6.78.